The van der Waals surface area contributed by atoms with E-state index in [0.29, 0.717) is 17.1 Å². The third kappa shape index (κ3) is 3.61. The Morgan fingerprint density at radius 3 is 3.00 bits per heavy atom. The van der Waals surface area contributed by atoms with Crippen molar-refractivity contribution in [2.45, 2.75) is 32.4 Å². The Labute approximate surface area is 159 Å². The molecule has 7 nitrogen and oxygen atoms in total. The van der Waals surface area contributed by atoms with Gasteiger partial charge in [-0.15, -0.1) is 11.3 Å². The highest BCUT2D eigenvalue weighted by molar-refractivity contribution is 7.13. The van der Waals surface area contributed by atoms with Crippen LogP contribution in [0.15, 0.2) is 35.8 Å². The van der Waals surface area contributed by atoms with Crippen molar-refractivity contribution < 1.29 is 14.7 Å². The number of benzene rings is 1. The number of thiazole rings is 1. The quantitative estimate of drug-likeness (QED) is 0.707. The summed E-state index contributed by atoms with van der Waals surface area (Å²) >= 11 is 1.29. The standard InChI is InChI=1S/C19H18N4O3S/c24-17(14-10-21-23-7-2-1-6-16(14)23)20-9-12-4-3-5-13(8-12)18-22-15(11-27-18)19(25)26/h3-5,8,10-11H,1-2,6-7,9H2,(H,20,24)(H,25,26). The largest absolute Gasteiger partial charge is 0.476 e. The van der Waals surface area contributed by atoms with E-state index in [2.05, 4.69) is 15.4 Å². The molecule has 1 aromatic carbocycles. The van der Waals surface area contributed by atoms with Crippen LogP contribution in [0.25, 0.3) is 10.6 Å². The van der Waals surface area contributed by atoms with Crippen LogP contribution in [0.5, 0.6) is 0 Å². The van der Waals surface area contributed by atoms with Gasteiger partial charge in [-0.1, -0.05) is 18.2 Å². The van der Waals surface area contributed by atoms with Crippen LogP contribution >= 0.6 is 11.3 Å². The van der Waals surface area contributed by atoms with Crippen molar-refractivity contribution in [2.75, 3.05) is 0 Å². The number of carboxylic acids is 1. The second kappa shape index (κ2) is 7.32. The summed E-state index contributed by atoms with van der Waals surface area (Å²) in [5, 5.41) is 18.4. The molecule has 138 valence electrons. The summed E-state index contributed by atoms with van der Waals surface area (Å²) in [5.41, 5.74) is 3.46. The van der Waals surface area contributed by atoms with Crippen LogP contribution in [0.4, 0.5) is 0 Å². The number of carbonyl (C=O) groups excluding carboxylic acids is 1. The molecule has 3 heterocycles. The van der Waals surface area contributed by atoms with Crippen LogP contribution < -0.4 is 5.32 Å². The minimum atomic E-state index is -1.04. The zero-order valence-corrected chi connectivity index (χ0v) is 15.3. The number of aromatic carboxylic acids is 1. The molecule has 0 bridgehead atoms. The van der Waals surface area contributed by atoms with Gasteiger partial charge in [0.25, 0.3) is 5.91 Å². The lowest BCUT2D eigenvalue weighted by Crippen LogP contribution is -2.24. The molecule has 0 saturated carbocycles. The van der Waals surface area contributed by atoms with Gasteiger partial charge < -0.3 is 10.4 Å². The number of amides is 1. The fraction of sp³-hybridized carbons (Fsp3) is 0.263. The Hall–Kier alpha value is -3.00. The van der Waals surface area contributed by atoms with Crippen LogP contribution in [-0.4, -0.2) is 31.7 Å². The fourth-order valence-electron chi connectivity index (χ4n) is 3.21. The van der Waals surface area contributed by atoms with Crippen LogP contribution in [-0.2, 0) is 19.5 Å². The van der Waals surface area contributed by atoms with Gasteiger partial charge in [0.15, 0.2) is 5.69 Å². The number of hydrogen-bond acceptors (Lipinski definition) is 5. The average Bonchev–Trinajstić information content (AvgIpc) is 3.34. The van der Waals surface area contributed by atoms with Gasteiger partial charge in [0, 0.05) is 24.0 Å². The molecule has 8 heteroatoms. The smallest absolute Gasteiger partial charge is 0.355 e. The van der Waals surface area contributed by atoms with E-state index in [1.54, 1.807) is 6.20 Å². The number of aryl methyl sites for hydroxylation is 1. The molecule has 0 aliphatic carbocycles. The molecule has 0 radical (unpaired) electrons. The Morgan fingerprint density at radius 1 is 1.30 bits per heavy atom. The Morgan fingerprint density at radius 2 is 2.19 bits per heavy atom. The average molecular weight is 382 g/mol. The number of rotatable bonds is 5. The highest BCUT2D eigenvalue weighted by Crippen LogP contribution is 2.25. The molecule has 27 heavy (non-hydrogen) atoms. The molecule has 4 rings (SSSR count). The molecule has 3 aromatic rings. The second-order valence-electron chi connectivity index (χ2n) is 6.41. The number of carboxylic acid groups (broad SMARTS) is 1. The first kappa shape index (κ1) is 17.4. The van der Waals surface area contributed by atoms with Gasteiger partial charge in [-0.25, -0.2) is 9.78 Å². The molecule has 1 amide bonds. The van der Waals surface area contributed by atoms with Crippen molar-refractivity contribution in [3.05, 3.63) is 58.4 Å². The molecule has 0 unspecified atom stereocenters. The van der Waals surface area contributed by atoms with E-state index < -0.39 is 5.97 Å². The van der Waals surface area contributed by atoms with Gasteiger partial charge in [0.1, 0.15) is 5.01 Å². The van der Waals surface area contributed by atoms with Gasteiger partial charge in [-0.05, 0) is 30.9 Å². The number of carbonyl (C=O) groups is 2. The first-order valence-corrected chi connectivity index (χ1v) is 9.61. The lowest BCUT2D eigenvalue weighted by atomic mass is 10.1. The minimum absolute atomic E-state index is 0.0414. The van der Waals surface area contributed by atoms with Gasteiger partial charge in [-0.2, -0.15) is 5.10 Å². The summed E-state index contributed by atoms with van der Waals surface area (Å²) in [5.74, 6) is -1.16. The van der Waals surface area contributed by atoms with Crippen LogP contribution in [0.1, 0.15) is 44.9 Å². The summed E-state index contributed by atoms with van der Waals surface area (Å²) in [6, 6.07) is 7.59. The molecule has 0 spiro atoms. The maximum Gasteiger partial charge on any atom is 0.355 e. The van der Waals surface area contributed by atoms with E-state index in [9.17, 15) is 9.59 Å². The normalized spacial score (nSPS) is 13.2. The third-order valence-corrected chi connectivity index (χ3v) is 5.47. The predicted octanol–water partition coefficient (Wildman–Crippen LogP) is 2.97. The fourth-order valence-corrected chi connectivity index (χ4v) is 4.00. The molecule has 0 saturated heterocycles. The molecule has 2 N–H and O–H groups in total. The number of fused-ring (bicyclic) bond motifs is 1. The van der Waals surface area contributed by atoms with Gasteiger partial charge in [-0.3, -0.25) is 9.48 Å². The van der Waals surface area contributed by atoms with Gasteiger partial charge in [0.2, 0.25) is 0 Å². The molecular weight excluding hydrogens is 364 g/mol. The lowest BCUT2D eigenvalue weighted by molar-refractivity contribution is 0.0691. The first-order valence-electron chi connectivity index (χ1n) is 8.73. The Kier molecular flexibility index (Phi) is 4.72. The topological polar surface area (TPSA) is 97.1 Å². The van der Waals surface area contributed by atoms with Crippen LogP contribution in [0, 0.1) is 0 Å². The van der Waals surface area contributed by atoms with Crippen LogP contribution in [0.3, 0.4) is 0 Å². The predicted molar refractivity (Wildman–Crippen MR) is 101 cm³/mol. The maximum absolute atomic E-state index is 12.5. The highest BCUT2D eigenvalue weighted by atomic mass is 32.1. The highest BCUT2D eigenvalue weighted by Gasteiger charge is 2.19. The van der Waals surface area contributed by atoms with Crippen molar-refractivity contribution in [2.24, 2.45) is 0 Å². The number of nitrogens with one attached hydrogen (secondary N) is 1. The molecule has 2 aromatic heterocycles. The molecule has 0 atom stereocenters. The molecule has 1 aliphatic rings. The van der Waals surface area contributed by atoms with E-state index in [1.165, 1.54) is 16.7 Å². The third-order valence-electron chi connectivity index (χ3n) is 4.58. The monoisotopic (exact) mass is 382 g/mol. The van der Waals surface area contributed by atoms with Crippen molar-refractivity contribution >= 4 is 23.2 Å². The SMILES string of the molecule is O=C(O)c1csc(-c2cccc(CNC(=O)c3cnn4c3CCCC4)c2)n1. The minimum Gasteiger partial charge on any atom is -0.476 e. The first-order chi connectivity index (χ1) is 13.1. The zero-order chi connectivity index (χ0) is 18.8. The van der Waals surface area contributed by atoms with Gasteiger partial charge in [0.05, 0.1) is 17.5 Å². The molecule has 0 fully saturated rings. The summed E-state index contributed by atoms with van der Waals surface area (Å²) < 4.78 is 1.92. The second-order valence-corrected chi connectivity index (χ2v) is 7.27. The summed E-state index contributed by atoms with van der Waals surface area (Å²) in [6.07, 6.45) is 4.71. The Bertz CT molecular complexity index is 1010. The van der Waals surface area contributed by atoms with Crippen molar-refractivity contribution in [3.63, 3.8) is 0 Å². The summed E-state index contributed by atoms with van der Waals surface area (Å²) in [6.45, 7) is 1.26. The lowest BCUT2D eigenvalue weighted by Gasteiger charge is -2.14. The maximum atomic E-state index is 12.5. The van der Waals surface area contributed by atoms with Crippen LogP contribution in [0.2, 0.25) is 0 Å². The van der Waals surface area contributed by atoms with E-state index in [1.807, 2.05) is 28.9 Å². The zero-order valence-electron chi connectivity index (χ0n) is 14.5. The summed E-state index contributed by atoms with van der Waals surface area (Å²) in [7, 11) is 0. The number of aromatic nitrogens is 3. The molecule has 1 aliphatic heterocycles. The van der Waals surface area contributed by atoms with Crippen molar-refractivity contribution in [3.8, 4) is 10.6 Å². The summed E-state index contributed by atoms with van der Waals surface area (Å²) in [4.78, 5) is 27.7. The van der Waals surface area contributed by atoms with E-state index in [4.69, 9.17) is 5.11 Å². The Balaban J connectivity index is 1.46. The van der Waals surface area contributed by atoms with Crippen molar-refractivity contribution in [1.82, 2.24) is 20.1 Å². The van der Waals surface area contributed by atoms with E-state index >= 15 is 0 Å². The number of nitrogens with zero attached hydrogens (tertiary/aromatic N) is 3. The van der Waals surface area contributed by atoms with Gasteiger partial charge >= 0.3 is 5.97 Å². The van der Waals surface area contributed by atoms with E-state index in [-0.39, 0.29) is 11.6 Å². The van der Waals surface area contributed by atoms with E-state index in [0.717, 1.165) is 42.6 Å². The van der Waals surface area contributed by atoms with Crippen molar-refractivity contribution in [1.29, 1.82) is 0 Å². The molecular formula is C19H18N4O3S. The number of hydrogen-bond donors (Lipinski definition) is 2.